The van der Waals surface area contributed by atoms with Crippen LogP contribution in [0, 0.1) is 6.92 Å². The molecule has 0 aliphatic rings. The quantitative estimate of drug-likeness (QED) is 0.743. The Balaban J connectivity index is 1.72. The van der Waals surface area contributed by atoms with Gasteiger partial charge in [-0.2, -0.15) is 10.1 Å². The molecule has 0 amide bonds. The zero-order valence-electron chi connectivity index (χ0n) is 13.2. The highest BCUT2D eigenvalue weighted by Crippen LogP contribution is 2.18. The third-order valence-electron chi connectivity index (χ3n) is 3.49. The lowest BCUT2D eigenvalue weighted by molar-refractivity contribution is 0.841. The third-order valence-corrected chi connectivity index (χ3v) is 3.49. The standard InChI is InChI=1S/C18H19N5/c1-13-7-6-10-16(11-13)21-17-12-19-23-18(22-17)20-14(2)15-8-4-3-5-9-15/h3-12,14H,1-2H3,(H2,20,21,22,23). The number of hydrogen-bond acceptors (Lipinski definition) is 5. The van der Waals surface area contributed by atoms with Crippen LogP contribution < -0.4 is 10.6 Å². The Morgan fingerprint density at radius 3 is 2.61 bits per heavy atom. The van der Waals surface area contributed by atoms with Crippen molar-refractivity contribution in [2.45, 2.75) is 19.9 Å². The molecule has 0 radical (unpaired) electrons. The van der Waals surface area contributed by atoms with E-state index in [9.17, 15) is 0 Å². The molecule has 0 aliphatic carbocycles. The molecule has 2 aromatic carbocycles. The second kappa shape index (κ2) is 6.87. The largest absolute Gasteiger partial charge is 0.346 e. The van der Waals surface area contributed by atoms with E-state index in [1.807, 2.05) is 30.3 Å². The van der Waals surface area contributed by atoms with Gasteiger partial charge < -0.3 is 10.6 Å². The van der Waals surface area contributed by atoms with Crippen molar-refractivity contribution in [3.8, 4) is 0 Å². The summed E-state index contributed by atoms with van der Waals surface area (Å²) < 4.78 is 0. The monoisotopic (exact) mass is 305 g/mol. The summed E-state index contributed by atoms with van der Waals surface area (Å²) in [5.74, 6) is 1.16. The van der Waals surface area contributed by atoms with E-state index in [1.165, 1.54) is 11.1 Å². The molecule has 3 aromatic rings. The SMILES string of the molecule is Cc1cccc(Nc2cnnc(NC(C)c3ccccc3)n2)c1. The van der Waals surface area contributed by atoms with E-state index in [-0.39, 0.29) is 6.04 Å². The molecule has 0 spiro atoms. The van der Waals surface area contributed by atoms with Crippen LogP contribution >= 0.6 is 0 Å². The molecule has 116 valence electrons. The maximum absolute atomic E-state index is 4.47. The normalized spacial score (nSPS) is 11.7. The molecule has 0 fully saturated rings. The van der Waals surface area contributed by atoms with Crippen LogP contribution in [0.1, 0.15) is 24.1 Å². The van der Waals surface area contributed by atoms with Crippen molar-refractivity contribution in [2.24, 2.45) is 0 Å². The highest BCUT2D eigenvalue weighted by Gasteiger charge is 2.07. The average molecular weight is 305 g/mol. The third kappa shape index (κ3) is 4.03. The average Bonchev–Trinajstić information content (AvgIpc) is 2.56. The van der Waals surface area contributed by atoms with Crippen molar-refractivity contribution < 1.29 is 0 Å². The highest BCUT2D eigenvalue weighted by molar-refractivity contribution is 5.57. The van der Waals surface area contributed by atoms with Crippen molar-refractivity contribution in [2.75, 3.05) is 10.6 Å². The second-order valence-corrected chi connectivity index (χ2v) is 5.44. The van der Waals surface area contributed by atoms with Gasteiger partial charge in [-0.25, -0.2) is 0 Å². The van der Waals surface area contributed by atoms with E-state index in [4.69, 9.17) is 0 Å². The van der Waals surface area contributed by atoms with E-state index < -0.39 is 0 Å². The number of anilines is 3. The van der Waals surface area contributed by atoms with E-state index in [1.54, 1.807) is 6.20 Å². The molecule has 3 rings (SSSR count). The highest BCUT2D eigenvalue weighted by atomic mass is 15.3. The number of aromatic nitrogens is 3. The Kier molecular flexibility index (Phi) is 4.47. The molecule has 0 aliphatic heterocycles. The van der Waals surface area contributed by atoms with E-state index in [0.717, 1.165) is 5.69 Å². The maximum atomic E-state index is 4.47. The first-order valence-corrected chi connectivity index (χ1v) is 7.55. The van der Waals surface area contributed by atoms with Gasteiger partial charge in [-0.1, -0.05) is 42.5 Å². The van der Waals surface area contributed by atoms with Gasteiger partial charge in [0.2, 0.25) is 5.95 Å². The van der Waals surface area contributed by atoms with Crippen LogP contribution in [0.25, 0.3) is 0 Å². The van der Waals surface area contributed by atoms with Gasteiger partial charge in [0.05, 0.1) is 12.2 Å². The molecule has 1 atom stereocenters. The van der Waals surface area contributed by atoms with Crippen molar-refractivity contribution in [1.82, 2.24) is 15.2 Å². The summed E-state index contributed by atoms with van der Waals surface area (Å²) in [5, 5.41) is 14.6. The summed E-state index contributed by atoms with van der Waals surface area (Å²) >= 11 is 0. The fraction of sp³-hybridized carbons (Fsp3) is 0.167. The fourth-order valence-electron chi connectivity index (χ4n) is 2.31. The first-order chi connectivity index (χ1) is 11.2. The van der Waals surface area contributed by atoms with Crippen molar-refractivity contribution in [1.29, 1.82) is 0 Å². The summed E-state index contributed by atoms with van der Waals surface area (Å²) in [7, 11) is 0. The minimum atomic E-state index is 0.104. The summed E-state index contributed by atoms with van der Waals surface area (Å²) in [4.78, 5) is 4.47. The number of nitrogens with zero attached hydrogens (tertiary/aromatic N) is 3. The summed E-state index contributed by atoms with van der Waals surface area (Å²) in [5.41, 5.74) is 3.34. The van der Waals surface area contributed by atoms with Gasteiger partial charge in [-0.15, -0.1) is 5.10 Å². The zero-order chi connectivity index (χ0) is 16.1. The molecule has 5 nitrogen and oxygen atoms in total. The number of rotatable bonds is 5. The first-order valence-electron chi connectivity index (χ1n) is 7.55. The Morgan fingerprint density at radius 2 is 1.83 bits per heavy atom. The molecule has 1 unspecified atom stereocenters. The van der Waals surface area contributed by atoms with E-state index >= 15 is 0 Å². The first kappa shape index (κ1) is 15.0. The van der Waals surface area contributed by atoms with E-state index in [2.05, 4.69) is 63.9 Å². The summed E-state index contributed by atoms with van der Waals surface area (Å²) in [6, 6.07) is 18.4. The Labute approximate surface area is 135 Å². The summed E-state index contributed by atoms with van der Waals surface area (Å²) in [6.07, 6.45) is 1.61. The molecule has 2 N–H and O–H groups in total. The molecule has 1 aromatic heterocycles. The minimum Gasteiger partial charge on any atom is -0.346 e. The van der Waals surface area contributed by atoms with Gasteiger partial charge in [-0.3, -0.25) is 0 Å². The molecule has 0 saturated heterocycles. The van der Waals surface area contributed by atoms with Gasteiger partial charge in [-0.05, 0) is 37.1 Å². The lowest BCUT2D eigenvalue weighted by Crippen LogP contribution is -2.10. The van der Waals surface area contributed by atoms with Crippen molar-refractivity contribution in [3.63, 3.8) is 0 Å². The molecule has 0 saturated carbocycles. The smallest absolute Gasteiger partial charge is 0.245 e. The zero-order valence-corrected chi connectivity index (χ0v) is 13.2. The molecular weight excluding hydrogens is 286 g/mol. The maximum Gasteiger partial charge on any atom is 0.245 e. The number of aryl methyl sites for hydroxylation is 1. The second-order valence-electron chi connectivity index (χ2n) is 5.44. The Morgan fingerprint density at radius 1 is 1.00 bits per heavy atom. The number of nitrogens with one attached hydrogen (secondary N) is 2. The predicted octanol–water partition coefficient (Wildman–Crippen LogP) is 4.10. The van der Waals surface area contributed by atoms with Gasteiger partial charge in [0.25, 0.3) is 0 Å². The van der Waals surface area contributed by atoms with Crippen LogP contribution in [0.3, 0.4) is 0 Å². The van der Waals surface area contributed by atoms with Gasteiger partial charge in [0.1, 0.15) is 0 Å². The molecule has 0 bridgehead atoms. The lowest BCUT2D eigenvalue weighted by Gasteiger charge is -2.14. The van der Waals surface area contributed by atoms with Crippen molar-refractivity contribution >= 4 is 17.5 Å². The van der Waals surface area contributed by atoms with Crippen molar-refractivity contribution in [3.05, 3.63) is 71.9 Å². The molecular formula is C18H19N5. The van der Waals surface area contributed by atoms with E-state index in [0.29, 0.717) is 11.8 Å². The van der Waals surface area contributed by atoms with Crippen LogP contribution in [0.5, 0.6) is 0 Å². The topological polar surface area (TPSA) is 62.7 Å². The minimum absolute atomic E-state index is 0.104. The van der Waals surface area contributed by atoms with Gasteiger partial charge >= 0.3 is 0 Å². The lowest BCUT2D eigenvalue weighted by atomic mass is 10.1. The van der Waals surface area contributed by atoms with Crippen LogP contribution in [-0.4, -0.2) is 15.2 Å². The fourth-order valence-corrected chi connectivity index (χ4v) is 2.31. The molecule has 23 heavy (non-hydrogen) atoms. The van der Waals surface area contributed by atoms with Crippen LogP contribution in [-0.2, 0) is 0 Å². The van der Waals surface area contributed by atoms with Gasteiger partial charge in [0, 0.05) is 5.69 Å². The number of benzene rings is 2. The number of hydrogen-bond donors (Lipinski definition) is 2. The molecule has 1 heterocycles. The Bertz CT molecular complexity index is 773. The van der Waals surface area contributed by atoms with Crippen LogP contribution in [0.15, 0.2) is 60.8 Å². The molecule has 5 heteroatoms. The van der Waals surface area contributed by atoms with Crippen LogP contribution in [0.2, 0.25) is 0 Å². The van der Waals surface area contributed by atoms with Gasteiger partial charge in [0.15, 0.2) is 5.82 Å². The predicted molar refractivity (Wildman–Crippen MR) is 92.8 cm³/mol. The summed E-state index contributed by atoms with van der Waals surface area (Å²) in [6.45, 7) is 4.12. The Hall–Kier alpha value is -2.95. The van der Waals surface area contributed by atoms with Crippen LogP contribution in [0.4, 0.5) is 17.5 Å².